The van der Waals surface area contributed by atoms with E-state index in [1.807, 2.05) is 0 Å². The second-order valence-corrected chi connectivity index (χ2v) is 6.45. The number of carbonyl (C=O) groups excluding carboxylic acids is 2. The normalized spacial score (nSPS) is 21.0. The molecule has 0 radical (unpaired) electrons. The van der Waals surface area contributed by atoms with Gasteiger partial charge in [0.2, 0.25) is 5.91 Å². The van der Waals surface area contributed by atoms with E-state index in [4.69, 9.17) is 9.47 Å². The maximum atomic E-state index is 12.4. The van der Waals surface area contributed by atoms with E-state index in [9.17, 15) is 9.59 Å². The van der Waals surface area contributed by atoms with Gasteiger partial charge in [-0.25, -0.2) is 4.79 Å². The van der Waals surface area contributed by atoms with E-state index in [1.165, 1.54) is 0 Å². The molecule has 2 heterocycles. The first-order chi connectivity index (χ1) is 10.6. The second kappa shape index (κ2) is 7.99. The Bertz CT molecular complexity index is 462. The summed E-state index contributed by atoms with van der Waals surface area (Å²) in [5.74, 6) is 0.294. The van der Waals surface area contributed by atoms with Crippen LogP contribution in [0.2, 0.25) is 0 Å². The van der Waals surface area contributed by atoms with Crippen molar-refractivity contribution in [2.24, 2.45) is 0 Å². The van der Waals surface area contributed by atoms with Crippen LogP contribution in [0.3, 0.4) is 0 Å². The average molecular weight is 328 g/mol. The van der Waals surface area contributed by atoms with E-state index >= 15 is 0 Å². The Morgan fingerprint density at radius 1 is 1.41 bits per heavy atom. The molecule has 0 spiro atoms. The number of rotatable bonds is 8. The SMILES string of the molecule is CCN(CC)CCOC(=O)C1=C(COC)CSC2CC(=O)N12. The number of ether oxygens (including phenoxy) is 2. The van der Waals surface area contributed by atoms with Gasteiger partial charge in [-0.3, -0.25) is 9.69 Å². The molecular formula is C15H24N2O4S. The predicted octanol–water partition coefficient (Wildman–Crippen LogP) is 1.08. The van der Waals surface area contributed by atoms with Crippen molar-refractivity contribution >= 4 is 23.6 Å². The van der Waals surface area contributed by atoms with Gasteiger partial charge in [0.1, 0.15) is 12.3 Å². The molecule has 2 aliphatic heterocycles. The van der Waals surface area contributed by atoms with Crippen molar-refractivity contribution in [2.75, 3.05) is 45.7 Å². The first kappa shape index (κ1) is 17.3. The molecule has 0 aliphatic carbocycles. The molecule has 0 aromatic carbocycles. The molecule has 1 amide bonds. The number of thioether (sulfide) groups is 1. The van der Waals surface area contributed by atoms with Gasteiger partial charge < -0.3 is 14.4 Å². The molecule has 1 atom stereocenters. The molecular weight excluding hydrogens is 304 g/mol. The third kappa shape index (κ3) is 3.64. The molecule has 0 saturated carbocycles. The Morgan fingerprint density at radius 3 is 2.73 bits per heavy atom. The minimum atomic E-state index is -0.405. The molecule has 1 unspecified atom stereocenters. The fraction of sp³-hybridized carbons (Fsp3) is 0.733. The summed E-state index contributed by atoms with van der Waals surface area (Å²) in [5.41, 5.74) is 1.24. The van der Waals surface area contributed by atoms with Crippen LogP contribution in [0, 0.1) is 0 Å². The van der Waals surface area contributed by atoms with Crippen LogP contribution in [0.1, 0.15) is 20.3 Å². The van der Waals surface area contributed by atoms with E-state index in [0.717, 1.165) is 18.7 Å². The number of methoxy groups -OCH3 is 1. The zero-order valence-corrected chi connectivity index (χ0v) is 14.3. The van der Waals surface area contributed by atoms with Gasteiger partial charge in [-0.2, -0.15) is 0 Å². The maximum absolute atomic E-state index is 12.4. The third-order valence-corrected chi connectivity index (χ3v) is 5.26. The van der Waals surface area contributed by atoms with Crippen LogP contribution in [0.25, 0.3) is 0 Å². The highest BCUT2D eigenvalue weighted by atomic mass is 32.2. The lowest BCUT2D eigenvalue weighted by atomic mass is 10.1. The van der Waals surface area contributed by atoms with E-state index in [1.54, 1.807) is 23.8 Å². The van der Waals surface area contributed by atoms with E-state index in [0.29, 0.717) is 37.6 Å². The first-order valence-electron chi connectivity index (χ1n) is 7.66. The minimum Gasteiger partial charge on any atom is -0.460 e. The molecule has 22 heavy (non-hydrogen) atoms. The van der Waals surface area contributed by atoms with Gasteiger partial charge in [-0.15, -0.1) is 11.8 Å². The number of hydrogen-bond donors (Lipinski definition) is 0. The van der Waals surface area contributed by atoms with E-state index in [-0.39, 0.29) is 11.3 Å². The molecule has 0 N–H and O–H groups in total. The number of β-lactam (4-membered cyclic amide) rings is 1. The number of fused-ring (bicyclic) bond motifs is 1. The smallest absolute Gasteiger partial charge is 0.355 e. The number of nitrogens with zero attached hydrogens (tertiary/aromatic N) is 2. The molecule has 2 aliphatic rings. The topological polar surface area (TPSA) is 59.1 Å². The Hall–Kier alpha value is -1.05. The highest BCUT2D eigenvalue weighted by Gasteiger charge is 2.45. The Kier molecular flexibility index (Phi) is 6.28. The molecule has 6 nitrogen and oxygen atoms in total. The summed E-state index contributed by atoms with van der Waals surface area (Å²) in [6.07, 6.45) is 0.501. The fourth-order valence-electron chi connectivity index (χ4n) is 2.63. The van der Waals surface area contributed by atoms with Crippen LogP contribution in [0.15, 0.2) is 11.3 Å². The molecule has 0 aromatic rings. The van der Waals surface area contributed by atoms with Crippen molar-refractivity contribution < 1.29 is 19.1 Å². The number of esters is 1. The van der Waals surface area contributed by atoms with Gasteiger partial charge in [0.25, 0.3) is 0 Å². The molecule has 2 rings (SSSR count). The minimum absolute atomic E-state index is 0.0125. The lowest BCUT2D eigenvalue weighted by Gasteiger charge is -2.44. The summed E-state index contributed by atoms with van der Waals surface area (Å²) in [6.45, 7) is 7.40. The summed E-state index contributed by atoms with van der Waals surface area (Å²) in [7, 11) is 1.59. The molecule has 124 valence electrons. The summed E-state index contributed by atoms with van der Waals surface area (Å²) in [6, 6.07) is 0. The highest BCUT2D eigenvalue weighted by molar-refractivity contribution is 8.00. The third-order valence-electron chi connectivity index (χ3n) is 3.98. The monoisotopic (exact) mass is 328 g/mol. The van der Waals surface area contributed by atoms with Crippen molar-refractivity contribution in [3.8, 4) is 0 Å². The Morgan fingerprint density at radius 2 is 2.14 bits per heavy atom. The van der Waals surface area contributed by atoms with Gasteiger partial charge in [-0.05, 0) is 18.7 Å². The Balaban J connectivity index is 2.01. The summed E-state index contributed by atoms with van der Waals surface area (Å²) in [4.78, 5) is 28.0. The number of amides is 1. The van der Waals surface area contributed by atoms with Crippen molar-refractivity contribution in [3.63, 3.8) is 0 Å². The number of likely N-dealkylation sites (N-methyl/N-ethyl adjacent to an activating group) is 1. The van der Waals surface area contributed by atoms with Crippen LogP contribution >= 0.6 is 11.8 Å². The zero-order chi connectivity index (χ0) is 16.1. The van der Waals surface area contributed by atoms with Gasteiger partial charge in [-0.1, -0.05) is 13.8 Å². The summed E-state index contributed by atoms with van der Waals surface area (Å²) < 4.78 is 10.6. The molecule has 7 heteroatoms. The van der Waals surface area contributed by atoms with Crippen molar-refractivity contribution in [3.05, 3.63) is 11.3 Å². The van der Waals surface area contributed by atoms with Crippen molar-refractivity contribution in [1.29, 1.82) is 0 Å². The van der Waals surface area contributed by atoms with Crippen LogP contribution in [-0.2, 0) is 19.1 Å². The van der Waals surface area contributed by atoms with Crippen LogP contribution in [0.4, 0.5) is 0 Å². The lowest BCUT2D eigenvalue weighted by molar-refractivity contribution is -0.149. The van der Waals surface area contributed by atoms with Gasteiger partial charge in [0.15, 0.2) is 0 Å². The van der Waals surface area contributed by atoms with Gasteiger partial charge in [0, 0.05) is 19.4 Å². The number of hydrogen-bond acceptors (Lipinski definition) is 6. The van der Waals surface area contributed by atoms with Gasteiger partial charge in [0.05, 0.1) is 18.4 Å². The molecule has 1 fully saturated rings. The average Bonchev–Trinajstić information content (AvgIpc) is 2.51. The maximum Gasteiger partial charge on any atom is 0.355 e. The first-order valence-corrected chi connectivity index (χ1v) is 8.71. The summed E-state index contributed by atoms with van der Waals surface area (Å²) in [5, 5.41) is 0.0819. The highest BCUT2D eigenvalue weighted by Crippen LogP contribution is 2.40. The molecule has 0 bridgehead atoms. The second-order valence-electron chi connectivity index (χ2n) is 5.28. The van der Waals surface area contributed by atoms with Crippen molar-refractivity contribution in [1.82, 2.24) is 9.80 Å². The zero-order valence-electron chi connectivity index (χ0n) is 13.5. The standard InChI is InChI=1S/C15H24N2O4S/c1-4-16(5-2)6-7-21-15(19)14-11(9-20-3)10-22-13-8-12(18)17(13)14/h13H,4-10H2,1-3H3. The quantitative estimate of drug-likeness (QED) is 0.491. The van der Waals surface area contributed by atoms with Crippen LogP contribution in [0.5, 0.6) is 0 Å². The summed E-state index contributed by atoms with van der Waals surface area (Å²) >= 11 is 1.67. The van der Waals surface area contributed by atoms with E-state index in [2.05, 4.69) is 18.7 Å². The largest absolute Gasteiger partial charge is 0.460 e. The predicted molar refractivity (Wildman–Crippen MR) is 85.4 cm³/mol. The number of carbonyl (C=O) groups is 2. The molecule has 1 saturated heterocycles. The van der Waals surface area contributed by atoms with E-state index < -0.39 is 5.97 Å². The Labute approximate surface area is 135 Å². The van der Waals surface area contributed by atoms with Gasteiger partial charge >= 0.3 is 5.97 Å². The van der Waals surface area contributed by atoms with Crippen LogP contribution in [-0.4, -0.2) is 72.8 Å². The van der Waals surface area contributed by atoms with Crippen LogP contribution < -0.4 is 0 Å². The molecule has 0 aromatic heterocycles. The van der Waals surface area contributed by atoms with Crippen molar-refractivity contribution in [2.45, 2.75) is 25.6 Å². The fourth-order valence-corrected chi connectivity index (χ4v) is 3.87. The lowest BCUT2D eigenvalue weighted by Crippen LogP contribution is -2.54.